The van der Waals surface area contributed by atoms with E-state index in [1.54, 1.807) is 14.2 Å². The maximum Gasteiger partial charge on any atom is 0.122 e. The van der Waals surface area contributed by atoms with E-state index in [1.807, 2.05) is 19.1 Å². The third-order valence-electron chi connectivity index (χ3n) is 2.18. The first kappa shape index (κ1) is 11.2. The fourth-order valence-corrected chi connectivity index (χ4v) is 1.67. The Labute approximate surface area is 90.6 Å². The number of aryl methyl sites for hydroxylation is 2. The van der Waals surface area contributed by atoms with Gasteiger partial charge < -0.3 is 9.47 Å². The molecule has 1 aromatic rings. The maximum atomic E-state index is 5.29. The third-order valence-corrected chi connectivity index (χ3v) is 2.40. The molecule has 2 nitrogen and oxygen atoms in total. The van der Waals surface area contributed by atoms with Crippen LogP contribution in [0.15, 0.2) is 12.1 Å². The fraction of sp³-hybridized carbons (Fsp3) is 0.455. The van der Waals surface area contributed by atoms with E-state index in [0.29, 0.717) is 0 Å². The highest BCUT2D eigenvalue weighted by Crippen LogP contribution is 2.28. The zero-order valence-electron chi connectivity index (χ0n) is 8.83. The summed E-state index contributed by atoms with van der Waals surface area (Å²) >= 11 is 4.21. The molecule has 14 heavy (non-hydrogen) atoms. The highest BCUT2D eigenvalue weighted by Gasteiger charge is 2.07. The number of methoxy groups -OCH3 is 2. The van der Waals surface area contributed by atoms with Gasteiger partial charge in [-0.05, 0) is 42.4 Å². The first-order valence-corrected chi connectivity index (χ1v) is 5.18. The van der Waals surface area contributed by atoms with Crippen molar-refractivity contribution in [1.82, 2.24) is 0 Å². The minimum atomic E-state index is 0.808. The quantitative estimate of drug-likeness (QED) is 0.773. The van der Waals surface area contributed by atoms with E-state index in [9.17, 15) is 0 Å². The van der Waals surface area contributed by atoms with Gasteiger partial charge in [-0.25, -0.2) is 0 Å². The van der Waals surface area contributed by atoms with Crippen LogP contribution >= 0.6 is 12.6 Å². The molecule has 0 saturated heterocycles. The number of thiol groups is 1. The van der Waals surface area contributed by atoms with Crippen molar-refractivity contribution in [1.29, 1.82) is 0 Å². The highest BCUT2D eigenvalue weighted by atomic mass is 32.1. The van der Waals surface area contributed by atoms with Crippen molar-refractivity contribution in [2.75, 3.05) is 20.0 Å². The van der Waals surface area contributed by atoms with Gasteiger partial charge in [0.25, 0.3) is 0 Å². The summed E-state index contributed by atoms with van der Waals surface area (Å²) in [7, 11) is 3.36. The normalized spacial score (nSPS) is 10.0. The van der Waals surface area contributed by atoms with Crippen molar-refractivity contribution < 1.29 is 9.47 Å². The Bertz CT molecular complexity index is 310. The zero-order valence-corrected chi connectivity index (χ0v) is 9.73. The minimum absolute atomic E-state index is 0.808. The molecule has 0 heterocycles. The molecule has 0 aromatic heterocycles. The average molecular weight is 212 g/mol. The monoisotopic (exact) mass is 212 g/mol. The van der Waals surface area contributed by atoms with Crippen LogP contribution < -0.4 is 9.47 Å². The summed E-state index contributed by atoms with van der Waals surface area (Å²) in [4.78, 5) is 0. The van der Waals surface area contributed by atoms with E-state index < -0.39 is 0 Å². The van der Waals surface area contributed by atoms with Gasteiger partial charge in [-0.3, -0.25) is 0 Å². The minimum Gasteiger partial charge on any atom is -0.496 e. The molecule has 0 aliphatic carbocycles. The standard InChI is InChI=1S/C11H16O2S/c1-8-6-11(13-3)9(4-5-14)7-10(8)12-2/h6-7,14H,4-5H2,1-3H3. The number of hydrogen-bond donors (Lipinski definition) is 1. The Morgan fingerprint density at radius 2 is 1.79 bits per heavy atom. The van der Waals surface area contributed by atoms with Gasteiger partial charge in [0.05, 0.1) is 14.2 Å². The van der Waals surface area contributed by atoms with Crippen LogP contribution in [0.25, 0.3) is 0 Å². The van der Waals surface area contributed by atoms with Crippen LogP contribution in [0.1, 0.15) is 11.1 Å². The molecule has 0 spiro atoms. The summed E-state index contributed by atoms with van der Waals surface area (Å²) in [5, 5.41) is 0. The van der Waals surface area contributed by atoms with Crippen LogP contribution in [0.3, 0.4) is 0 Å². The van der Waals surface area contributed by atoms with Gasteiger partial charge in [-0.1, -0.05) is 0 Å². The van der Waals surface area contributed by atoms with Crippen molar-refractivity contribution in [3.63, 3.8) is 0 Å². The van der Waals surface area contributed by atoms with Gasteiger partial charge in [-0.15, -0.1) is 0 Å². The number of rotatable bonds is 4. The van der Waals surface area contributed by atoms with E-state index >= 15 is 0 Å². The van der Waals surface area contributed by atoms with Gasteiger partial charge in [0.1, 0.15) is 11.5 Å². The number of hydrogen-bond acceptors (Lipinski definition) is 3. The number of ether oxygens (including phenoxy) is 2. The Morgan fingerprint density at radius 1 is 1.14 bits per heavy atom. The Balaban J connectivity index is 3.11. The topological polar surface area (TPSA) is 18.5 Å². The molecule has 0 amide bonds. The van der Waals surface area contributed by atoms with Gasteiger partial charge in [-0.2, -0.15) is 12.6 Å². The molecule has 0 N–H and O–H groups in total. The van der Waals surface area contributed by atoms with Crippen LogP contribution in [0.2, 0.25) is 0 Å². The van der Waals surface area contributed by atoms with E-state index in [0.717, 1.165) is 34.8 Å². The molecule has 3 heteroatoms. The summed E-state index contributed by atoms with van der Waals surface area (Å²) in [6.07, 6.45) is 0.892. The second-order valence-electron chi connectivity index (χ2n) is 3.11. The maximum absolute atomic E-state index is 5.29. The summed E-state index contributed by atoms with van der Waals surface area (Å²) in [5.41, 5.74) is 2.23. The molecule has 0 atom stereocenters. The average Bonchev–Trinajstić information content (AvgIpc) is 2.20. The van der Waals surface area contributed by atoms with E-state index in [2.05, 4.69) is 12.6 Å². The van der Waals surface area contributed by atoms with E-state index in [1.165, 1.54) is 0 Å². The SMILES string of the molecule is COc1cc(CCS)c(OC)cc1C. The van der Waals surface area contributed by atoms with Gasteiger partial charge in [0.15, 0.2) is 0 Å². The Kier molecular flexibility index (Phi) is 4.14. The van der Waals surface area contributed by atoms with Gasteiger partial charge in [0.2, 0.25) is 0 Å². The molecule has 0 unspecified atom stereocenters. The molecular weight excluding hydrogens is 196 g/mol. The summed E-state index contributed by atoms with van der Waals surface area (Å²) in [5.74, 6) is 2.63. The summed E-state index contributed by atoms with van der Waals surface area (Å²) in [6, 6.07) is 4.02. The highest BCUT2D eigenvalue weighted by molar-refractivity contribution is 7.80. The van der Waals surface area contributed by atoms with Gasteiger partial charge in [0, 0.05) is 0 Å². The lowest BCUT2D eigenvalue weighted by molar-refractivity contribution is 0.397. The van der Waals surface area contributed by atoms with E-state index in [-0.39, 0.29) is 0 Å². The molecule has 0 saturated carbocycles. The molecule has 0 aliphatic rings. The first-order valence-electron chi connectivity index (χ1n) is 4.55. The lowest BCUT2D eigenvalue weighted by atomic mass is 10.1. The molecule has 1 aromatic carbocycles. The molecular formula is C11H16O2S. The molecule has 0 fully saturated rings. The summed E-state index contributed by atoms with van der Waals surface area (Å²) in [6.45, 7) is 2.01. The Morgan fingerprint density at radius 3 is 2.29 bits per heavy atom. The smallest absolute Gasteiger partial charge is 0.122 e. The van der Waals surface area contributed by atoms with Crippen LogP contribution in [-0.2, 0) is 6.42 Å². The molecule has 0 bridgehead atoms. The molecule has 0 radical (unpaired) electrons. The van der Waals surface area contributed by atoms with Crippen LogP contribution in [0, 0.1) is 6.92 Å². The van der Waals surface area contributed by atoms with Crippen molar-refractivity contribution >= 4 is 12.6 Å². The van der Waals surface area contributed by atoms with E-state index in [4.69, 9.17) is 9.47 Å². The second kappa shape index (κ2) is 5.15. The number of benzene rings is 1. The molecule has 0 aliphatic heterocycles. The predicted molar refractivity (Wildman–Crippen MR) is 61.8 cm³/mol. The van der Waals surface area contributed by atoms with Crippen molar-refractivity contribution in [3.8, 4) is 11.5 Å². The van der Waals surface area contributed by atoms with Crippen LogP contribution in [0.4, 0.5) is 0 Å². The largest absolute Gasteiger partial charge is 0.496 e. The Hall–Kier alpha value is -0.830. The second-order valence-corrected chi connectivity index (χ2v) is 3.55. The van der Waals surface area contributed by atoms with Crippen LogP contribution in [0.5, 0.6) is 11.5 Å². The molecule has 1 rings (SSSR count). The molecule has 78 valence electrons. The van der Waals surface area contributed by atoms with Gasteiger partial charge >= 0.3 is 0 Å². The fourth-order valence-electron chi connectivity index (χ4n) is 1.43. The first-order chi connectivity index (χ1) is 6.72. The van der Waals surface area contributed by atoms with Crippen molar-refractivity contribution in [3.05, 3.63) is 23.3 Å². The lowest BCUT2D eigenvalue weighted by Gasteiger charge is -2.12. The van der Waals surface area contributed by atoms with Crippen LogP contribution in [-0.4, -0.2) is 20.0 Å². The third kappa shape index (κ3) is 2.35. The summed E-state index contributed by atoms with van der Waals surface area (Å²) < 4.78 is 10.5. The zero-order chi connectivity index (χ0) is 10.6. The predicted octanol–water partition coefficient (Wildman–Crippen LogP) is 2.48. The lowest BCUT2D eigenvalue weighted by Crippen LogP contribution is -1.96. The van der Waals surface area contributed by atoms with Crippen molar-refractivity contribution in [2.24, 2.45) is 0 Å². The van der Waals surface area contributed by atoms with Crippen molar-refractivity contribution in [2.45, 2.75) is 13.3 Å².